The van der Waals surface area contributed by atoms with E-state index in [1.165, 1.54) is 12.4 Å². The van der Waals surface area contributed by atoms with Crippen LogP contribution in [0.4, 0.5) is 5.95 Å². The molecule has 0 aliphatic heterocycles. The van der Waals surface area contributed by atoms with Crippen molar-refractivity contribution in [3.63, 3.8) is 0 Å². The van der Waals surface area contributed by atoms with E-state index < -0.39 is 46.0 Å². The summed E-state index contributed by atoms with van der Waals surface area (Å²) >= 11 is 0. The fourth-order valence-corrected chi connectivity index (χ4v) is 2.53. The first-order chi connectivity index (χ1) is 14.3. The van der Waals surface area contributed by atoms with Crippen molar-refractivity contribution in [1.29, 1.82) is 0 Å². The largest absolute Gasteiger partial charge is 0.435 e. The van der Waals surface area contributed by atoms with Crippen molar-refractivity contribution in [3.8, 4) is 0 Å². The fraction of sp³-hybridized carbons (Fsp3) is 0.778. The van der Waals surface area contributed by atoms with Crippen LogP contribution in [-0.4, -0.2) is 62.7 Å². The van der Waals surface area contributed by atoms with Gasteiger partial charge in [0.05, 0.1) is 6.04 Å². The van der Waals surface area contributed by atoms with E-state index in [0.717, 1.165) is 4.57 Å². The second-order valence-electron chi connectivity index (χ2n) is 8.64. The Morgan fingerprint density at radius 3 is 2.03 bits per heavy atom. The number of hydrogen-bond donors (Lipinski definition) is 3. The van der Waals surface area contributed by atoms with Gasteiger partial charge >= 0.3 is 5.95 Å². The summed E-state index contributed by atoms with van der Waals surface area (Å²) in [7, 11) is 0. The summed E-state index contributed by atoms with van der Waals surface area (Å²) in [5.41, 5.74) is -1.25. The van der Waals surface area contributed by atoms with E-state index in [4.69, 9.17) is 0 Å². The zero-order chi connectivity index (χ0) is 23.8. The molecule has 13 heteroatoms. The van der Waals surface area contributed by atoms with Crippen LogP contribution in [0.5, 0.6) is 0 Å². The molecule has 2 unspecified atom stereocenters. The molecule has 0 aliphatic rings. The molecule has 2 atom stereocenters. The standard InChI is InChI=1S/C18H32N8O5/c1-12(23-28)17(3,4)20-9-14(10-21-18(5,6)13(2)24-29)22-15(27)11-25-8-7-19-16(25)26(30)31/h7-8,12-14,20-21H,9-11H2,1-6H3,(H,22,27). The summed E-state index contributed by atoms with van der Waals surface area (Å²) in [6.45, 7) is 11.0. The normalized spacial score (nSPS) is 15.0. The molecule has 13 nitrogen and oxygen atoms in total. The lowest BCUT2D eigenvalue weighted by Crippen LogP contribution is -2.58. The Balaban J connectivity index is 2.88. The molecule has 1 rings (SSSR count). The van der Waals surface area contributed by atoms with Gasteiger partial charge in [-0.15, -0.1) is 0 Å². The van der Waals surface area contributed by atoms with Crippen LogP contribution in [0.3, 0.4) is 0 Å². The van der Waals surface area contributed by atoms with Crippen molar-refractivity contribution in [3.05, 3.63) is 32.3 Å². The molecule has 1 aromatic heterocycles. The van der Waals surface area contributed by atoms with Gasteiger partial charge in [0.15, 0.2) is 6.54 Å². The zero-order valence-electron chi connectivity index (χ0n) is 18.8. The van der Waals surface area contributed by atoms with Gasteiger partial charge in [-0.25, -0.2) is 4.57 Å². The summed E-state index contributed by atoms with van der Waals surface area (Å²) < 4.78 is 1.14. The minimum atomic E-state index is -0.666. The lowest BCUT2D eigenvalue weighted by atomic mass is 9.95. The molecular weight excluding hydrogens is 408 g/mol. The predicted molar refractivity (Wildman–Crippen MR) is 115 cm³/mol. The lowest BCUT2D eigenvalue weighted by molar-refractivity contribution is -0.396. The highest BCUT2D eigenvalue weighted by Crippen LogP contribution is 2.14. The number of nitro groups is 1. The van der Waals surface area contributed by atoms with Crippen LogP contribution >= 0.6 is 0 Å². The van der Waals surface area contributed by atoms with Crippen LogP contribution in [0, 0.1) is 19.9 Å². The third kappa shape index (κ3) is 7.75. The van der Waals surface area contributed by atoms with Crippen molar-refractivity contribution in [1.82, 2.24) is 25.5 Å². The predicted octanol–water partition coefficient (Wildman–Crippen LogP) is 1.32. The molecule has 0 bridgehead atoms. The third-order valence-electron chi connectivity index (χ3n) is 5.55. The molecule has 174 valence electrons. The van der Waals surface area contributed by atoms with Crippen LogP contribution in [0.1, 0.15) is 41.5 Å². The quantitative estimate of drug-likeness (QED) is 0.221. The first-order valence-corrected chi connectivity index (χ1v) is 9.94. The minimum absolute atomic E-state index is 0.280. The van der Waals surface area contributed by atoms with Gasteiger partial charge in [0, 0.05) is 24.2 Å². The Hall–Kier alpha value is -2.80. The Bertz CT molecular complexity index is 749. The highest BCUT2D eigenvalue weighted by Gasteiger charge is 2.30. The van der Waals surface area contributed by atoms with Gasteiger partial charge in [-0.05, 0) is 46.5 Å². The number of amides is 1. The molecule has 1 heterocycles. The molecule has 0 aliphatic carbocycles. The lowest BCUT2D eigenvalue weighted by Gasteiger charge is -2.34. The maximum atomic E-state index is 12.5. The smallest absolute Gasteiger partial charge is 0.390 e. The number of nitroso groups, excluding NO2 is 2. The Morgan fingerprint density at radius 1 is 1.13 bits per heavy atom. The average molecular weight is 441 g/mol. The maximum absolute atomic E-state index is 12.5. The first kappa shape index (κ1) is 26.2. The number of nitrogens with one attached hydrogen (secondary N) is 3. The van der Waals surface area contributed by atoms with Gasteiger partial charge < -0.3 is 26.1 Å². The summed E-state index contributed by atoms with van der Waals surface area (Å²) in [4.78, 5) is 48.4. The van der Waals surface area contributed by atoms with Gasteiger partial charge in [0.1, 0.15) is 24.5 Å². The molecule has 0 saturated heterocycles. The van der Waals surface area contributed by atoms with Crippen LogP contribution in [0.2, 0.25) is 0 Å². The van der Waals surface area contributed by atoms with Crippen LogP contribution in [-0.2, 0) is 11.3 Å². The molecular formula is C18H32N8O5. The van der Waals surface area contributed by atoms with E-state index in [1.807, 2.05) is 27.7 Å². The third-order valence-corrected chi connectivity index (χ3v) is 5.55. The summed E-state index contributed by atoms with van der Waals surface area (Å²) in [5, 5.41) is 26.4. The topological polar surface area (TPSA) is 173 Å². The van der Waals surface area contributed by atoms with Gasteiger partial charge in [-0.2, -0.15) is 9.81 Å². The molecule has 1 amide bonds. The van der Waals surface area contributed by atoms with Gasteiger partial charge in [-0.1, -0.05) is 15.3 Å². The first-order valence-electron chi connectivity index (χ1n) is 9.94. The highest BCUT2D eigenvalue weighted by molar-refractivity contribution is 5.76. The van der Waals surface area contributed by atoms with E-state index in [1.54, 1.807) is 13.8 Å². The number of carbonyl (C=O) groups excluding carboxylic acids is 1. The second-order valence-corrected chi connectivity index (χ2v) is 8.64. The van der Waals surface area contributed by atoms with E-state index in [2.05, 4.69) is 31.3 Å². The highest BCUT2D eigenvalue weighted by atomic mass is 16.6. The molecule has 0 radical (unpaired) electrons. The number of rotatable bonds is 14. The number of carbonyl (C=O) groups is 1. The summed E-state index contributed by atoms with van der Waals surface area (Å²) in [6, 6.07) is -1.48. The monoisotopic (exact) mass is 440 g/mol. The Kier molecular flexibility index (Phi) is 9.31. The summed E-state index contributed by atoms with van der Waals surface area (Å²) in [5.74, 6) is -0.879. The van der Waals surface area contributed by atoms with Crippen LogP contribution in [0.25, 0.3) is 0 Å². The van der Waals surface area contributed by atoms with Crippen molar-refractivity contribution >= 4 is 11.9 Å². The van der Waals surface area contributed by atoms with Crippen LogP contribution < -0.4 is 16.0 Å². The maximum Gasteiger partial charge on any atom is 0.435 e. The van der Waals surface area contributed by atoms with Gasteiger partial charge in [0.2, 0.25) is 0 Å². The van der Waals surface area contributed by atoms with E-state index >= 15 is 0 Å². The molecule has 31 heavy (non-hydrogen) atoms. The number of aromatic nitrogens is 2. The molecule has 3 N–H and O–H groups in total. The molecule has 0 aromatic carbocycles. The molecule has 1 aromatic rings. The zero-order valence-corrected chi connectivity index (χ0v) is 18.8. The Labute approximate surface area is 180 Å². The SMILES string of the molecule is CC(N=O)C(C)(C)NCC(CNC(C)(C)C(C)N=O)NC(=O)Cn1ccnc1[N+](=O)[O-]. The molecule has 0 saturated carbocycles. The number of imidazole rings is 1. The van der Waals surface area contributed by atoms with Crippen molar-refractivity contribution in [2.75, 3.05) is 13.1 Å². The van der Waals surface area contributed by atoms with Gasteiger partial charge in [0.25, 0.3) is 5.91 Å². The van der Waals surface area contributed by atoms with Crippen molar-refractivity contribution in [2.45, 2.75) is 77.3 Å². The van der Waals surface area contributed by atoms with E-state index in [-0.39, 0.29) is 19.6 Å². The van der Waals surface area contributed by atoms with Crippen LogP contribution in [0.15, 0.2) is 22.7 Å². The summed E-state index contributed by atoms with van der Waals surface area (Å²) in [6.07, 6.45) is 2.60. The van der Waals surface area contributed by atoms with Crippen molar-refractivity contribution in [2.24, 2.45) is 10.4 Å². The molecule has 0 fully saturated rings. The number of hydrogen-bond acceptors (Lipinski definition) is 10. The fourth-order valence-electron chi connectivity index (χ4n) is 2.53. The number of nitrogens with zero attached hydrogens (tertiary/aromatic N) is 5. The van der Waals surface area contributed by atoms with E-state index in [9.17, 15) is 24.7 Å². The van der Waals surface area contributed by atoms with Gasteiger partial charge in [-0.3, -0.25) is 4.79 Å². The second kappa shape index (κ2) is 11.0. The minimum Gasteiger partial charge on any atom is -0.390 e. The average Bonchev–Trinajstić information content (AvgIpc) is 3.16. The molecule has 0 spiro atoms. The Morgan fingerprint density at radius 2 is 1.61 bits per heavy atom. The van der Waals surface area contributed by atoms with E-state index in [0.29, 0.717) is 0 Å². The van der Waals surface area contributed by atoms with Crippen molar-refractivity contribution < 1.29 is 9.72 Å².